The molecule has 1 aromatic heterocycles. The van der Waals surface area contributed by atoms with E-state index in [9.17, 15) is 18.7 Å². The molecule has 7 nitrogen and oxygen atoms in total. The summed E-state index contributed by atoms with van der Waals surface area (Å²) in [7, 11) is 0. The van der Waals surface area contributed by atoms with Crippen molar-refractivity contribution in [2.75, 3.05) is 24.6 Å². The fraction of sp³-hybridized carbons (Fsp3) is 0.480. The van der Waals surface area contributed by atoms with E-state index >= 15 is 0 Å². The number of nitrogens with zero attached hydrogens (tertiary/aromatic N) is 4. The first-order valence-corrected chi connectivity index (χ1v) is 11.4. The second kappa shape index (κ2) is 9.65. The average Bonchev–Trinajstić information content (AvgIpc) is 3.27. The summed E-state index contributed by atoms with van der Waals surface area (Å²) >= 11 is 0. The van der Waals surface area contributed by atoms with Crippen molar-refractivity contribution in [1.29, 1.82) is 0 Å². The predicted octanol–water partition coefficient (Wildman–Crippen LogP) is 3.31. The highest BCUT2D eigenvalue weighted by atomic mass is 19.1. The smallest absolute Gasteiger partial charge is 0.249 e. The Kier molecular flexibility index (Phi) is 6.82. The van der Waals surface area contributed by atoms with Gasteiger partial charge in [-0.3, -0.25) is 9.63 Å². The topological polar surface area (TPSA) is 78.8 Å². The summed E-state index contributed by atoms with van der Waals surface area (Å²) in [5, 5.41) is 11.2. The van der Waals surface area contributed by atoms with Crippen LogP contribution in [0.3, 0.4) is 0 Å². The molecule has 3 heterocycles. The normalized spacial score (nSPS) is 19.2. The number of hydroxylamine groups is 2. The molecule has 0 radical (unpaired) electrons. The average molecular weight is 471 g/mol. The van der Waals surface area contributed by atoms with Crippen LogP contribution in [0.5, 0.6) is 0 Å². The Balaban J connectivity index is 1.42. The van der Waals surface area contributed by atoms with Gasteiger partial charge in [0.05, 0.1) is 12.6 Å². The lowest BCUT2D eigenvalue weighted by Gasteiger charge is -2.34. The summed E-state index contributed by atoms with van der Waals surface area (Å²) in [6.07, 6.45) is 3.34. The second-order valence-corrected chi connectivity index (χ2v) is 9.28. The summed E-state index contributed by atoms with van der Waals surface area (Å²) < 4.78 is 27.4. The number of aliphatic hydroxyl groups is 1. The number of halogens is 2. The van der Waals surface area contributed by atoms with E-state index in [2.05, 4.69) is 21.8 Å². The van der Waals surface area contributed by atoms with Crippen molar-refractivity contribution in [3.8, 4) is 11.8 Å². The van der Waals surface area contributed by atoms with Gasteiger partial charge in [0.25, 0.3) is 0 Å². The lowest BCUT2D eigenvalue weighted by Crippen LogP contribution is -2.42. The minimum atomic E-state index is -1.12. The molecule has 0 aliphatic carbocycles. The van der Waals surface area contributed by atoms with Gasteiger partial charge in [-0.15, -0.1) is 0 Å². The molecule has 1 unspecified atom stereocenters. The zero-order valence-corrected chi connectivity index (χ0v) is 19.5. The van der Waals surface area contributed by atoms with Crippen molar-refractivity contribution in [2.24, 2.45) is 5.92 Å². The Morgan fingerprint density at radius 1 is 1.18 bits per heavy atom. The van der Waals surface area contributed by atoms with E-state index in [0.717, 1.165) is 11.6 Å². The molecule has 2 saturated heterocycles. The first-order valence-electron chi connectivity index (χ1n) is 11.4. The van der Waals surface area contributed by atoms with Gasteiger partial charge < -0.3 is 10.0 Å². The Hall–Kier alpha value is -3.09. The molecule has 9 heteroatoms. The Labute approximate surface area is 197 Å². The monoisotopic (exact) mass is 470 g/mol. The van der Waals surface area contributed by atoms with Crippen molar-refractivity contribution in [2.45, 2.75) is 51.7 Å². The van der Waals surface area contributed by atoms with E-state index in [1.165, 1.54) is 17.2 Å². The minimum Gasteiger partial charge on any atom is -0.378 e. The van der Waals surface area contributed by atoms with Crippen LogP contribution in [0, 0.1) is 36.3 Å². The van der Waals surface area contributed by atoms with Crippen molar-refractivity contribution >= 4 is 11.9 Å². The van der Waals surface area contributed by atoms with Gasteiger partial charge in [-0.25, -0.2) is 23.8 Å². The number of carbonyl (C=O) groups excluding carboxylic acids is 1. The van der Waals surface area contributed by atoms with Crippen LogP contribution in [-0.2, 0) is 9.63 Å². The maximum atomic E-state index is 13.7. The number of carbonyl (C=O) groups is 1. The van der Waals surface area contributed by atoms with Crippen LogP contribution in [0.25, 0.3) is 0 Å². The fourth-order valence-corrected chi connectivity index (χ4v) is 4.19. The number of rotatable bonds is 3. The molecule has 180 valence electrons. The number of benzene rings is 1. The van der Waals surface area contributed by atoms with Crippen LogP contribution in [0.1, 0.15) is 56.0 Å². The van der Waals surface area contributed by atoms with Crippen LogP contribution < -0.4 is 4.90 Å². The number of hydrogen-bond acceptors (Lipinski definition) is 6. The van der Waals surface area contributed by atoms with Crippen LogP contribution in [0.2, 0.25) is 0 Å². The number of hydrogen-bond donors (Lipinski definition) is 1. The van der Waals surface area contributed by atoms with Gasteiger partial charge in [0, 0.05) is 43.3 Å². The van der Waals surface area contributed by atoms with Crippen LogP contribution in [0.4, 0.5) is 14.7 Å². The van der Waals surface area contributed by atoms with Gasteiger partial charge in [0.2, 0.25) is 11.9 Å². The molecule has 34 heavy (non-hydrogen) atoms. The van der Waals surface area contributed by atoms with E-state index in [0.29, 0.717) is 56.2 Å². The molecule has 2 aliphatic rings. The van der Waals surface area contributed by atoms with Gasteiger partial charge in [-0.2, -0.15) is 0 Å². The highest BCUT2D eigenvalue weighted by Crippen LogP contribution is 2.34. The summed E-state index contributed by atoms with van der Waals surface area (Å²) in [5.74, 6) is 4.43. The third-order valence-corrected chi connectivity index (χ3v) is 5.96. The largest absolute Gasteiger partial charge is 0.378 e. The SMILES string of the molecule is Cc1cnc(N2CCC(C(=O)N3OCCC3c3cc(F)cc(F)c3)CC2)nc1C#CC(C)(C)O. The van der Waals surface area contributed by atoms with Crippen LogP contribution >= 0.6 is 0 Å². The summed E-state index contributed by atoms with van der Waals surface area (Å²) in [6.45, 7) is 6.55. The van der Waals surface area contributed by atoms with Crippen LogP contribution in [-0.4, -0.2) is 51.3 Å². The summed E-state index contributed by atoms with van der Waals surface area (Å²) in [4.78, 5) is 29.7. The van der Waals surface area contributed by atoms with E-state index in [4.69, 9.17) is 4.84 Å². The molecule has 0 saturated carbocycles. The third kappa shape index (κ3) is 5.51. The Bertz CT molecular complexity index is 1110. The lowest BCUT2D eigenvalue weighted by molar-refractivity contribution is -0.182. The first kappa shape index (κ1) is 24.0. The number of anilines is 1. The second-order valence-electron chi connectivity index (χ2n) is 9.28. The molecule has 1 amide bonds. The number of aromatic nitrogens is 2. The highest BCUT2D eigenvalue weighted by molar-refractivity contribution is 5.79. The zero-order valence-electron chi connectivity index (χ0n) is 19.5. The quantitative estimate of drug-likeness (QED) is 0.694. The van der Waals surface area contributed by atoms with Crippen molar-refractivity contribution in [3.05, 3.63) is 52.9 Å². The van der Waals surface area contributed by atoms with Gasteiger partial charge in [-0.1, -0.05) is 5.92 Å². The number of piperidine rings is 1. The Morgan fingerprint density at radius 3 is 2.50 bits per heavy atom. The zero-order chi connectivity index (χ0) is 24.5. The molecule has 2 aromatic rings. The summed E-state index contributed by atoms with van der Waals surface area (Å²) in [5.41, 5.74) is 0.648. The maximum Gasteiger partial charge on any atom is 0.249 e. The molecular weight excluding hydrogens is 442 g/mol. The van der Waals surface area contributed by atoms with Gasteiger partial charge in [0.1, 0.15) is 22.9 Å². The fourth-order valence-electron chi connectivity index (χ4n) is 4.19. The maximum absolute atomic E-state index is 13.7. The van der Waals surface area contributed by atoms with E-state index in [1.54, 1.807) is 20.0 Å². The van der Waals surface area contributed by atoms with Gasteiger partial charge >= 0.3 is 0 Å². The molecule has 2 aliphatic heterocycles. The first-order chi connectivity index (χ1) is 16.1. The molecule has 1 N–H and O–H groups in total. The third-order valence-electron chi connectivity index (χ3n) is 5.96. The van der Waals surface area contributed by atoms with Gasteiger partial charge in [-0.05, 0) is 57.2 Å². The number of amides is 1. The molecule has 0 spiro atoms. The van der Waals surface area contributed by atoms with E-state index in [-0.39, 0.29) is 11.8 Å². The minimum absolute atomic E-state index is 0.173. The molecule has 0 bridgehead atoms. The Morgan fingerprint density at radius 2 is 1.85 bits per heavy atom. The standard InChI is InChI=1S/C25H28F2N4O3/c1-16-15-28-24(29-21(16)4-8-25(2,3)33)30-9-5-17(6-10-30)23(32)31-22(7-11-34-31)18-12-19(26)14-20(27)13-18/h12-15,17,22,33H,5-7,9-11H2,1-3H3. The lowest BCUT2D eigenvalue weighted by atomic mass is 9.94. The molecule has 1 aromatic carbocycles. The van der Waals surface area contributed by atoms with Crippen molar-refractivity contribution in [1.82, 2.24) is 15.0 Å². The predicted molar refractivity (Wildman–Crippen MR) is 121 cm³/mol. The van der Waals surface area contributed by atoms with E-state index in [1.807, 2.05) is 11.8 Å². The van der Waals surface area contributed by atoms with Crippen molar-refractivity contribution in [3.63, 3.8) is 0 Å². The molecular formula is C25H28F2N4O3. The van der Waals surface area contributed by atoms with Crippen LogP contribution in [0.15, 0.2) is 24.4 Å². The summed E-state index contributed by atoms with van der Waals surface area (Å²) in [6, 6.07) is 2.81. The molecule has 2 fully saturated rings. The van der Waals surface area contributed by atoms with E-state index < -0.39 is 23.3 Å². The van der Waals surface area contributed by atoms with Gasteiger partial charge in [0.15, 0.2) is 0 Å². The van der Waals surface area contributed by atoms with Crippen molar-refractivity contribution < 1.29 is 23.5 Å². The molecule has 4 rings (SSSR count). The molecule has 1 atom stereocenters. The highest BCUT2D eigenvalue weighted by Gasteiger charge is 2.37. The number of aryl methyl sites for hydroxylation is 1.